The van der Waals surface area contributed by atoms with Gasteiger partial charge in [-0.25, -0.2) is 4.79 Å². The average molecular weight is 308 g/mol. The molecule has 2 aliphatic rings. The second kappa shape index (κ2) is 7.03. The first-order chi connectivity index (χ1) is 10.3. The van der Waals surface area contributed by atoms with Crippen molar-refractivity contribution in [2.75, 3.05) is 6.54 Å². The largest absolute Gasteiger partial charge is 0.444 e. The molecule has 0 spiro atoms. The molecule has 0 aromatic rings. The summed E-state index contributed by atoms with van der Waals surface area (Å²) in [6.45, 7) is 12.6. The van der Waals surface area contributed by atoms with Crippen molar-refractivity contribution in [1.29, 1.82) is 0 Å². The highest BCUT2D eigenvalue weighted by molar-refractivity contribution is 5.69. The zero-order chi connectivity index (χ0) is 16.3. The molecule has 1 aliphatic heterocycles. The number of ether oxygens (including phenoxy) is 1. The van der Waals surface area contributed by atoms with E-state index in [0.29, 0.717) is 24.0 Å². The molecule has 0 aromatic heterocycles. The van der Waals surface area contributed by atoms with Crippen molar-refractivity contribution in [3.63, 3.8) is 0 Å². The molecule has 0 aromatic carbocycles. The van der Waals surface area contributed by atoms with Crippen LogP contribution in [0.25, 0.3) is 0 Å². The first-order valence-electron chi connectivity index (χ1n) is 8.70. The molecule has 126 valence electrons. The van der Waals surface area contributed by atoms with Crippen molar-refractivity contribution in [2.24, 2.45) is 5.92 Å². The van der Waals surface area contributed by atoms with Gasteiger partial charge in [-0.2, -0.15) is 0 Å². The Labute approximate surface area is 135 Å². The predicted octanol–water partition coefficient (Wildman–Crippen LogP) is 3.72. The van der Waals surface area contributed by atoms with Gasteiger partial charge >= 0.3 is 6.09 Å². The SMILES string of the molecule is C=CC(C)NC1CCCC1C1CCCN1C(=O)OC(C)(C)C. The summed E-state index contributed by atoms with van der Waals surface area (Å²) >= 11 is 0. The molecule has 22 heavy (non-hydrogen) atoms. The Morgan fingerprint density at radius 3 is 2.68 bits per heavy atom. The van der Waals surface area contributed by atoms with Crippen LogP contribution in [-0.4, -0.2) is 41.3 Å². The second-order valence-electron chi connectivity index (χ2n) is 7.78. The van der Waals surface area contributed by atoms with Crippen LogP contribution in [-0.2, 0) is 4.74 Å². The van der Waals surface area contributed by atoms with Gasteiger partial charge < -0.3 is 15.0 Å². The first kappa shape index (κ1) is 17.3. The number of hydrogen-bond acceptors (Lipinski definition) is 3. The van der Waals surface area contributed by atoms with Gasteiger partial charge in [0.05, 0.1) is 0 Å². The molecule has 4 atom stereocenters. The van der Waals surface area contributed by atoms with Gasteiger partial charge in [0.2, 0.25) is 0 Å². The lowest BCUT2D eigenvalue weighted by atomic mass is 9.92. The molecule has 0 bridgehead atoms. The Bertz CT molecular complexity index is 402. The number of carbonyl (C=O) groups is 1. The van der Waals surface area contributed by atoms with E-state index >= 15 is 0 Å². The third-order valence-corrected chi connectivity index (χ3v) is 4.82. The van der Waals surface area contributed by atoms with Gasteiger partial charge in [0.15, 0.2) is 0 Å². The number of carbonyl (C=O) groups excluding carboxylic acids is 1. The minimum absolute atomic E-state index is 0.141. The van der Waals surface area contributed by atoms with Gasteiger partial charge in [0.1, 0.15) is 5.60 Å². The number of rotatable bonds is 4. The molecule has 4 unspecified atom stereocenters. The summed E-state index contributed by atoms with van der Waals surface area (Å²) < 4.78 is 5.60. The van der Waals surface area contributed by atoms with E-state index in [0.717, 1.165) is 19.4 Å². The highest BCUT2D eigenvalue weighted by atomic mass is 16.6. The summed E-state index contributed by atoms with van der Waals surface area (Å²) in [7, 11) is 0. The first-order valence-corrected chi connectivity index (χ1v) is 8.70. The molecular formula is C18H32N2O2. The van der Waals surface area contributed by atoms with Gasteiger partial charge in [-0.3, -0.25) is 0 Å². The Hall–Kier alpha value is -1.03. The Morgan fingerprint density at radius 2 is 2.05 bits per heavy atom. The number of hydrogen-bond donors (Lipinski definition) is 1. The summed E-state index contributed by atoms with van der Waals surface area (Å²) in [6, 6.07) is 1.13. The lowest BCUT2D eigenvalue weighted by molar-refractivity contribution is 0.0166. The predicted molar refractivity (Wildman–Crippen MR) is 89.9 cm³/mol. The van der Waals surface area contributed by atoms with Crippen LogP contribution in [0, 0.1) is 5.92 Å². The van der Waals surface area contributed by atoms with Crippen molar-refractivity contribution in [3.8, 4) is 0 Å². The standard InChI is InChI=1S/C18H32N2O2/c1-6-13(2)19-15-10-7-9-14(15)16-11-8-12-20(16)17(21)22-18(3,4)5/h6,13-16,19H,1,7-12H2,2-5H3. The van der Waals surface area contributed by atoms with Crippen molar-refractivity contribution in [3.05, 3.63) is 12.7 Å². The van der Waals surface area contributed by atoms with Crippen LogP contribution < -0.4 is 5.32 Å². The summed E-state index contributed by atoms with van der Waals surface area (Å²) in [5.74, 6) is 0.539. The lowest BCUT2D eigenvalue weighted by Gasteiger charge is -2.35. The van der Waals surface area contributed by atoms with Crippen LogP contribution in [0.4, 0.5) is 4.79 Å². The minimum Gasteiger partial charge on any atom is -0.444 e. The lowest BCUT2D eigenvalue weighted by Crippen LogP contribution is -2.48. The molecule has 0 radical (unpaired) electrons. The normalized spacial score (nSPS) is 30.4. The van der Waals surface area contributed by atoms with Crippen molar-refractivity contribution in [1.82, 2.24) is 10.2 Å². The zero-order valence-corrected chi connectivity index (χ0v) is 14.6. The van der Waals surface area contributed by atoms with E-state index in [4.69, 9.17) is 4.74 Å². The summed E-state index contributed by atoms with van der Waals surface area (Å²) in [5.41, 5.74) is -0.422. The third kappa shape index (κ3) is 4.25. The van der Waals surface area contributed by atoms with Gasteiger partial charge in [-0.1, -0.05) is 12.5 Å². The monoisotopic (exact) mass is 308 g/mol. The fourth-order valence-corrected chi connectivity index (χ4v) is 3.85. The van der Waals surface area contributed by atoms with Crippen LogP contribution in [0.3, 0.4) is 0 Å². The van der Waals surface area contributed by atoms with Crippen LogP contribution in [0.1, 0.15) is 59.8 Å². The molecule has 1 saturated carbocycles. The molecule has 1 amide bonds. The highest BCUT2D eigenvalue weighted by Crippen LogP contribution is 2.36. The Morgan fingerprint density at radius 1 is 1.32 bits per heavy atom. The van der Waals surface area contributed by atoms with Gasteiger partial charge in [0.25, 0.3) is 0 Å². The molecule has 1 heterocycles. The maximum atomic E-state index is 12.5. The highest BCUT2D eigenvalue weighted by Gasteiger charge is 2.42. The maximum absolute atomic E-state index is 12.5. The van der Waals surface area contributed by atoms with E-state index in [-0.39, 0.29) is 6.09 Å². The average Bonchev–Trinajstić information content (AvgIpc) is 3.04. The van der Waals surface area contributed by atoms with Crippen LogP contribution in [0.2, 0.25) is 0 Å². The number of amides is 1. The van der Waals surface area contributed by atoms with E-state index in [1.54, 1.807) is 0 Å². The van der Waals surface area contributed by atoms with Gasteiger partial charge in [0, 0.05) is 24.7 Å². The van der Waals surface area contributed by atoms with E-state index in [2.05, 4.69) is 18.8 Å². The summed E-state index contributed by atoms with van der Waals surface area (Å²) in [4.78, 5) is 14.5. The molecule has 4 heteroatoms. The zero-order valence-electron chi connectivity index (χ0n) is 14.6. The molecule has 2 fully saturated rings. The minimum atomic E-state index is -0.422. The van der Waals surface area contributed by atoms with E-state index in [1.807, 2.05) is 31.7 Å². The van der Waals surface area contributed by atoms with Crippen LogP contribution >= 0.6 is 0 Å². The van der Waals surface area contributed by atoms with Gasteiger partial charge in [-0.05, 0) is 59.3 Å². The molecule has 1 aliphatic carbocycles. The van der Waals surface area contributed by atoms with Gasteiger partial charge in [-0.15, -0.1) is 6.58 Å². The fraction of sp³-hybridized carbons (Fsp3) is 0.833. The smallest absolute Gasteiger partial charge is 0.410 e. The quantitative estimate of drug-likeness (QED) is 0.805. The molecule has 4 nitrogen and oxygen atoms in total. The third-order valence-electron chi connectivity index (χ3n) is 4.82. The van der Waals surface area contributed by atoms with Crippen molar-refractivity contribution >= 4 is 6.09 Å². The summed E-state index contributed by atoms with van der Waals surface area (Å²) in [5, 5.41) is 3.67. The van der Waals surface area contributed by atoms with E-state index in [9.17, 15) is 4.79 Å². The number of nitrogens with one attached hydrogen (secondary N) is 1. The summed E-state index contributed by atoms with van der Waals surface area (Å²) in [6.07, 6.45) is 7.64. The maximum Gasteiger partial charge on any atom is 0.410 e. The van der Waals surface area contributed by atoms with Crippen LogP contribution in [0.5, 0.6) is 0 Å². The molecule has 1 saturated heterocycles. The van der Waals surface area contributed by atoms with E-state index in [1.165, 1.54) is 19.3 Å². The number of likely N-dealkylation sites (tertiary alicyclic amines) is 1. The Kier molecular flexibility index (Phi) is 5.54. The van der Waals surface area contributed by atoms with Crippen molar-refractivity contribution < 1.29 is 9.53 Å². The molecule has 2 rings (SSSR count). The Balaban J connectivity index is 2.02. The van der Waals surface area contributed by atoms with Crippen LogP contribution in [0.15, 0.2) is 12.7 Å². The molecular weight excluding hydrogens is 276 g/mol. The number of nitrogens with zero attached hydrogens (tertiary/aromatic N) is 1. The fourth-order valence-electron chi connectivity index (χ4n) is 3.85. The second-order valence-corrected chi connectivity index (χ2v) is 7.78. The van der Waals surface area contributed by atoms with E-state index < -0.39 is 5.60 Å². The topological polar surface area (TPSA) is 41.6 Å². The van der Waals surface area contributed by atoms with Crippen molar-refractivity contribution in [2.45, 2.75) is 83.5 Å². The molecule has 1 N–H and O–H groups in total.